The van der Waals surface area contributed by atoms with Crippen molar-refractivity contribution in [1.82, 2.24) is 14.5 Å². The van der Waals surface area contributed by atoms with Crippen molar-refractivity contribution in [1.29, 1.82) is 0 Å². The van der Waals surface area contributed by atoms with Gasteiger partial charge in [0.05, 0.1) is 11.1 Å². The second-order valence-electron chi connectivity index (χ2n) is 6.78. The number of likely N-dealkylation sites (tertiary alicyclic amines) is 1. The molecule has 1 amide bonds. The zero-order valence-electron chi connectivity index (χ0n) is 15.3. The molecule has 0 unspecified atom stereocenters. The van der Waals surface area contributed by atoms with Gasteiger partial charge in [-0.15, -0.1) is 11.3 Å². The molecule has 2 aromatic rings. The summed E-state index contributed by atoms with van der Waals surface area (Å²) in [5, 5.41) is 1.38. The van der Waals surface area contributed by atoms with Crippen molar-refractivity contribution < 1.29 is 4.79 Å². The average molecular weight is 380 g/mol. The fourth-order valence-corrected chi connectivity index (χ4v) is 5.37. The summed E-state index contributed by atoms with van der Waals surface area (Å²) in [4.78, 5) is 33.9. The van der Waals surface area contributed by atoms with Gasteiger partial charge in [0, 0.05) is 24.5 Å². The molecule has 0 radical (unpaired) electrons. The van der Waals surface area contributed by atoms with Crippen molar-refractivity contribution in [2.45, 2.75) is 52.2 Å². The van der Waals surface area contributed by atoms with Crippen molar-refractivity contribution in [3.8, 4) is 0 Å². The summed E-state index contributed by atoms with van der Waals surface area (Å²) in [6.07, 6.45) is 2.27. The van der Waals surface area contributed by atoms with E-state index in [0.717, 1.165) is 40.2 Å². The largest absolute Gasteiger partial charge is 0.342 e. The minimum atomic E-state index is 0.0101. The summed E-state index contributed by atoms with van der Waals surface area (Å²) in [5.74, 6) is 1.06. The highest BCUT2D eigenvalue weighted by Gasteiger charge is 2.22. The number of thioether (sulfide) groups is 1. The van der Waals surface area contributed by atoms with E-state index in [-0.39, 0.29) is 11.5 Å². The van der Waals surface area contributed by atoms with Crippen LogP contribution >= 0.6 is 23.1 Å². The number of nitrogens with zero attached hydrogens (tertiary/aromatic N) is 3. The van der Waals surface area contributed by atoms with Gasteiger partial charge in [-0.2, -0.15) is 0 Å². The number of carbonyl (C=O) groups excluding carboxylic acids is 1. The van der Waals surface area contributed by atoms with E-state index in [0.29, 0.717) is 23.4 Å². The summed E-state index contributed by atoms with van der Waals surface area (Å²) >= 11 is 2.94. The van der Waals surface area contributed by atoms with E-state index in [4.69, 9.17) is 4.98 Å². The highest BCUT2D eigenvalue weighted by molar-refractivity contribution is 7.99. The van der Waals surface area contributed by atoms with Crippen molar-refractivity contribution in [2.75, 3.05) is 18.8 Å². The Labute approximate surface area is 156 Å². The first-order chi connectivity index (χ1) is 11.9. The predicted octanol–water partition coefficient (Wildman–Crippen LogP) is 3.45. The van der Waals surface area contributed by atoms with Crippen molar-refractivity contribution in [3.63, 3.8) is 0 Å². The molecule has 0 bridgehead atoms. The first kappa shape index (κ1) is 18.5. The lowest BCUT2D eigenvalue weighted by Gasteiger charge is -2.30. The molecule has 1 fully saturated rings. The maximum atomic E-state index is 12.8. The van der Waals surface area contributed by atoms with Gasteiger partial charge in [-0.1, -0.05) is 18.7 Å². The van der Waals surface area contributed by atoms with E-state index in [1.54, 1.807) is 15.9 Å². The molecular weight excluding hydrogens is 354 g/mol. The van der Waals surface area contributed by atoms with Crippen LogP contribution in [0.2, 0.25) is 0 Å². The van der Waals surface area contributed by atoms with E-state index in [9.17, 15) is 9.59 Å². The van der Waals surface area contributed by atoms with E-state index < -0.39 is 0 Å². The molecule has 1 atom stereocenters. The minimum absolute atomic E-state index is 0.0101. The van der Waals surface area contributed by atoms with E-state index in [2.05, 4.69) is 6.92 Å². The lowest BCUT2D eigenvalue weighted by atomic mass is 10.0. The van der Waals surface area contributed by atoms with Gasteiger partial charge in [-0.25, -0.2) is 4.98 Å². The lowest BCUT2D eigenvalue weighted by molar-refractivity contribution is -0.130. The molecule has 1 aliphatic rings. The smallest absolute Gasteiger partial charge is 0.263 e. The van der Waals surface area contributed by atoms with Crippen molar-refractivity contribution in [3.05, 3.63) is 20.8 Å². The predicted molar refractivity (Wildman–Crippen MR) is 105 cm³/mol. The number of fused-ring (bicyclic) bond motifs is 1. The molecule has 3 heterocycles. The molecule has 1 aliphatic heterocycles. The molecule has 7 heteroatoms. The van der Waals surface area contributed by atoms with Crippen LogP contribution in [0.1, 0.15) is 37.1 Å². The summed E-state index contributed by atoms with van der Waals surface area (Å²) < 4.78 is 1.69. The van der Waals surface area contributed by atoms with Gasteiger partial charge in [0.1, 0.15) is 4.83 Å². The first-order valence-electron chi connectivity index (χ1n) is 8.83. The summed E-state index contributed by atoms with van der Waals surface area (Å²) in [7, 11) is 0. The Balaban J connectivity index is 1.83. The average Bonchev–Trinajstić information content (AvgIpc) is 2.87. The first-order valence-corrected chi connectivity index (χ1v) is 10.6. The second-order valence-corrected chi connectivity index (χ2v) is 8.93. The zero-order chi connectivity index (χ0) is 18.1. The lowest BCUT2D eigenvalue weighted by Crippen LogP contribution is -2.40. The highest BCUT2D eigenvalue weighted by Crippen LogP contribution is 2.28. The maximum absolute atomic E-state index is 12.8. The molecule has 0 spiro atoms. The third-order valence-electron chi connectivity index (χ3n) is 4.90. The molecule has 2 aromatic heterocycles. The standard InChI is InChI=1S/C18H25N3O2S2/c1-5-21-17(23)15-12(3)13(4)25-16(15)19-18(21)24-10-14(22)20-8-6-7-11(2)9-20/h11H,5-10H2,1-4H3/t11-/m0/s1. The zero-order valence-corrected chi connectivity index (χ0v) is 16.9. The fourth-order valence-electron chi connectivity index (χ4n) is 3.33. The van der Waals surface area contributed by atoms with Gasteiger partial charge in [-0.05, 0) is 45.1 Å². The Morgan fingerprint density at radius 3 is 2.84 bits per heavy atom. The van der Waals surface area contributed by atoms with Gasteiger partial charge < -0.3 is 4.90 Å². The second kappa shape index (κ2) is 7.50. The van der Waals surface area contributed by atoms with Crippen LogP contribution in [0.3, 0.4) is 0 Å². The SMILES string of the molecule is CCn1c(SCC(=O)N2CCC[C@H](C)C2)nc2sc(C)c(C)c2c1=O. The number of piperidine rings is 1. The van der Waals surface area contributed by atoms with Gasteiger partial charge in [0.2, 0.25) is 5.91 Å². The molecule has 136 valence electrons. The van der Waals surface area contributed by atoms with Crippen LogP contribution < -0.4 is 5.56 Å². The molecule has 5 nitrogen and oxygen atoms in total. The molecular formula is C18H25N3O2S2. The van der Waals surface area contributed by atoms with E-state index >= 15 is 0 Å². The van der Waals surface area contributed by atoms with Crippen LogP contribution in [0.15, 0.2) is 9.95 Å². The Bertz CT molecular complexity index is 856. The van der Waals surface area contributed by atoms with Crippen LogP contribution in [0.4, 0.5) is 0 Å². The van der Waals surface area contributed by atoms with Gasteiger partial charge in [-0.3, -0.25) is 14.2 Å². The minimum Gasteiger partial charge on any atom is -0.342 e. The number of hydrogen-bond acceptors (Lipinski definition) is 5. The molecule has 0 N–H and O–H groups in total. The Hall–Kier alpha value is -1.34. The summed E-state index contributed by atoms with van der Waals surface area (Å²) in [5.41, 5.74) is 1.03. The summed E-state index contributed by atoms with van der Waals surface area (Å²) in [6, 6.07) is 0. The molecule has 0 aromatic carbocycles. The van der Waals surface area contributed by atoms with E-state index in [1.807, 2.05) is 25.7 Å². The van der Waals surface area contributed by atoms with Crippen molar-refractivity contribution in [2.24, 2.45) is 5.92 Å². The quantitative estimate of drug-likeness (QED) is 0.603. The van der Waals surface area contributed by atoms with Gasteiger partial charge in [0.25, 0.3) is 5.56 Å². The van der Waals surface area contributed by atoms with Crippen LogP contribution in [0.25, 0.3) is 10.2 Å². The van der Waals surface area contributed by atoms with Crippen LogP contribution in [0.5, 0.6) is 0 Å². The van der Waals surface area contributed by atoms with E-state index in [1.165, 1.54) is 18.2 Å². The molecule has 1 saturated heterocycles. The third-order valence-corrected chi connectivity index (χ3v) is 6.97. The molecule has 25 heavy (non-hydrogen) atoms. The Kier molecular flexibility index (Phi) is 5.53. The number of rotatable bonds is 4. The number of aryl methyl sites for hydroxylation is 2. The maximum Gasteiger partial charge on any atom is 0.263 e. The monoisotopic (exact) mass is 379 g/mol. The number of aromatic nitrogens is 2. The normalized spacial score (nSPS) is 18.1. The van der Waals surface area contributed by atoms with Crippen LogP contribution in [-0.4, -0.2) is 39.2 Å². The Morgan fingerprint density at radius 1 is 1.40 bits per heavy atom. The Morgan fingerprint density at radius 2 is 2.16 bits per heavy atom. The number of carbonyl (C=O) groups is 1. The van der Waals surface area contributed by atoms with Gasteiger partial charge >= 0.3 is 0 Å². The number of thiophene rings is 1. The fraction of sp³-hybridized carbons (Fsp3) is 0.611. The summed E-state index contributed by atoms with van der Waals surface area (Å²) in [6.45, 7) is 10.4. The molecule has 0 saturated carbocycles. The van der Waals surface area contributed by atoms with Crippen LogP contribution in [-0.2, 0) is 11.3 Å². The molecule has 0 aliphatic carbocycles. The van der Waals surface area contributed by atoms with Crippen LogP contribution in [0, 0.1) is 19.8 Å². The van der Waals surface area contributed by atoms with Gasteiger partial charge in [0.15, 0.2) is 5.16 Å². The number of hydrogen-bond donors (Lipinski definition) is 0. The number of amides is 1. The topological polar surface area (TPSA) is 55.2 Å². The molecule has 3 rings (SSSR count). The van der Waals surface area contributed by atoms with Crippen molar-refractivity contribution >= 4 is 39.2 Å². The highest BCUT2D eigenvalue weighted by atomic mass is 32.2. The third kappa shape index (κ3) is 3.62.